The van der Waals surface area contributed by atoms with E-state index in [4.69, 9.17) is 0 Å². The number of hydrogen-bond acceptors (Lipinski definition) is 6. The summed E-state index contributed by atoms with van der Waals surface area (Å²) in [6, 6.07) is 7.33. The van der Waals surface area contributed by atoms with Crippen LogP contribution in [-0.2, 0) is 0 Å². The summed E-state index contributed by atoms with van der Waals surface area (Å²) in [4.78, 5) is 22.8. The number of imidazole rings is 1. The summed E-state index contributed by atoms with van der Waals surface area (Å²) in [6.45, 7) is 2.00. The van der Waals surface area contributed by atoms with Crippen LogP contribution in [0.1, 0.15) is 10.4 Å². The van der Waals surface area contributed by atoms with Crippen LogP contribution < -0.4 is 10.2 Å². The highest BCUT2D eigenvalue weighted by Gasteiger charge is 2.14. The molecule has 1 aliphatic rings. The van der Waals surface area contributed by atoms with Crippen molar-refractivity contribution in [1.82, 2.24) is 19.6 Å². The molecule has 8 heteroatoms. The summed E-state index contributed by atoms with van der Waals surface area (Å²) in [5, 5.41) is 7.39. The topological polar surface area (TPSA) is 75.4 Å². The number of pyridine rings is 1. The third-order valence-electron chi connectivity index (χ3n) is 3.81. The molecular formula is C16H16N6OS. The summed E-state index contributed by atoms with van der Waals surface area (Å²) in [5.74, 6) is 3.42. The Morgan fingerprint density at radius 2 is 2.08 bits per heavy atom. The first kappa shape index (κ1) is 14.9. The molecule has 1 aliphatic heterocycles. The van der Waals surface area contributed by atoms with E-state index in [1.807, 2.05) is 23.9 Å². The largest absolute Gasteiger partial charge is 0.354 e. The Labute approximate surface area is 143 Å². The highest BCUT2D eigenvalue weighted by molar-refractivity contribution is 7.99. The molecule has 3 aromatic rings. The number of fused-ring (bicyclic) bond motifs is 1. The summed E-state index contributed by atoms with van der Waals surface area (Å²) in [6.07, 6.45) is 4.88. The van der Waals surface area contributed by atoms with Gasteiger partial charge in [0.15, 0.2) is 11.5 Å². The van der Waals surface area contributed by atoms with Gasteiger partial charge >= 0.3 is 0 Å². The lowest BCUT2D eigenvalue weighted by molar-refractivity contribution is 0.102. The highest BCUT2D eigenvalue weighted by Crippen LogP contribution is 2.18. The molecule has 1 saturated heterocycles. The highest BCUT2D eigenvalue weighted by atomic mass is 32.2. The number of nitrogens with zero attached hydrogens (tertiary/aromatic N) is 5. The van der Waals surface area contributed by atoms with Gasteiger partial charge in [-0.25, -0.2) is 9.50 Å². The van der Waals surface area contributed by atoms with Crippen LogP contribution in [0.15, 0.2) is 42.9 Å². The number of carbonyl (C=O) groups is 1. The quantitative estimate of drug-likeness (QED) is 0.785. The van der Waals surface area contributed by atoms with Gasteiger partial charge in [-0.1, -0.05) is 0 Å². The van der Waals surface area contributed by atoms with Crippen molar-refractivity contribution >= 4 is 35.0 Å². The molecule has 1 fully saturated rings. The molecule has 0 radical (unpaired) electrons. The molecule has 3 aromatic heterocycles. The molecule has 0 atom stereocenters. The van der Waals surface area contributed by atoms with Crippen molar-refractivity contribution in [3.8, 4) is 0 Å². The van der Waals surface area contributed by atoms with Gasteiger partial charge in [-0.05, 0) is 24.3 Å². The normalized spacial score (nSPS) is 14.8. The number of thioether (sulfide) groups is 1. The maximum Gasteiger partial charge on any atom is 0.258 e. The molecule has 0 aromatic carbocycles. The molecule has 1 amide bonds. The number of carbonyl (C=O) groups excluding carboxylic acids is 1. The minimum absolute atomic E-state index is 0.236. The minimum atomic E-state index is -0.236. The number of hydrogen-bond donors (Lipinski definition) is 1. The van der Waals surface area contributed by atoms with Gasteiger partial charge in [-0.3, -0.25) is 9.78 Å². The smallest absolute Gasteiger partial charge is 0.258 e. The summed E-state index contributed by atoms with van der Waals surface area (Å²) in [7, 11) is 0. The molecule has 0 unspecified atom stereocenters. The van der Waals surface area contributed by atoms with Gasteiger partial charge in [-0.2, -0.15) is 11.8 Å². The molecule has 0 bridgehead atoms. The van der Waals surface area contributed by atoms with Gasteiger partial charge in [0.1, 0.15) is 5.82 Å². The molecule has 7 nitrogen and oxygen atoms in total. The predicted octanol–water partition coefficient (Wildman–Crippen LogP) is 1.93. The number of anilines is 2. The molecule has 24 heavy (non-hydrogen) atoms. The van der Waals surface area contributed by atoms with Crippen molar-refractivity contribution < 1.29 is 4.79 Å². The SMILES string of the molecule is O=C(Nc1cn2nc(N3CCSCC3)ccc2n1)c1cccnc1. The van der Waals surface area contributed by atoms with Crippen LogP contribution in [0.4, 0.5) is 11.6 Å². The fraction of sp³-hybridized carbons (Fsp3) is 0.250. The van der Waals surface area contributed by atoms with Crippen LogP contribution in [0.3, 0.4) is 0 Å². The number of nitrogens with one attached hydrogen (secondary N) is 1. The van der Waals surface area contributed by atoms with E-state index in [-0.39, 0.29) is 5.91 Å². The van der Waals surface area contributed by atoms with Crippen LogP contribution in [0, 0.1) is 0 Å². The fourth-order valence-corrected chi connectivity index (χ4v) is 3.48. The first-order valence-electron chi connectivity index (χ1n) is 7.70. The Morgan fingerprint density at radius 1 is 1.21 bits per heavy atom. The van der Waals surface area contributed by atoms with E-state index in [0.29, 0.717) is 17.0 Å². The van der Waals surface area contributed by atoms with Gasteiger partial charge < -0.3 is 10.2 Å². The Hall–Kier alpha value is -2.61. The average molecular weight is 340 g/mol. The van der Waals surface area contributed by atoms with Crippen molar-refractivity contribution in [2.75, 3.05) is 34.8 Å². The van der Waals surface area contributed by atoms with E-state index in [1.54, 1.807) is 29.0 Å². The van der Waals surface area contributed by atoms with Gasteiger partial charge in [0, 0.05) is 37.0 Å². The van der Waals surface area contributed by atoms with Crippen molar-refractivity contribution in [2.24, 2.45) is 0 Å². The van der Waals surface area contributed by atoms with Gasteiger partial charge in [0.05, 0.1) is 11.8 Å². The minimum Gasteiger partial charge on any atom is -0.354 e. The zero-order chi connectivity index (χ0) is 16.4. The van der Waals surface area contributed by atoms with Gasteiger partial charge in [0.2, 0.25) is 0 Å². The van der Waals surface area contributed by atoms with E-state index in [2.05, 4.69) is 25.3 Å². The Morgan fingerprint density at radius 3 is 2.88 bits per heavy atom. The molecule has 4 heterocycles. The van der Waals surface area contributed by atoms with Crippen molar-refractivity contribution in [1.29, 1.82) is 0 Å². The summed E-state index contributed by atoms with van der Waals surface area (Å²) in [5.41, 5.74) is 1.20. The second-order valence-corrected chi connectivity index (χ2v) is 6.64. The number of aromatic nitrogens is 4. The second kappa shape index (κ2) is 6.48. The molecule has 122 valence electrons. The lowest BCUT2D eigenvalue weighted by atomic mass is 10.3. The zero-order valence-corrected chi connectivity index (χ0v) is 13.7. The van der Waals surface area contributed by atoms with Crippen LogP contribution in [0.25, 0.3) is 5.65 Å². The second-order valence-electron chi connectivity index (χ2n) is 5.42. The van der Waals surface area contributed by atoms with Gasteiger partial charge in [-0.15, -0.1) is 5.10 Å². The Bertz CT molecular complexity index is 859. The van der Waals surface area contributed by atoms with E-state index < -0.39 is 0 Å². The maximum absolute atomic E-state index is 12.2. The summed E-state index contributed by atoms with van der Waals surface area (Å²) < 4.78 is 1.70. The van der Waals surface area contributed by atoms with E-state index in [1.165, 1.54) is 6.20 Å². The third-order valence-corrected chi connectivity index (χ3v) is 4.75. The van der Waals surface area contributed by atoms with Crippen LogP contribution >= 0.6 is 11.8 Å². The third kappa shape index (κ3) is 3.05. The van der Waals surface area contributed by atoms with Gasteiger partial charge in [0.25, 0.3) is 5.91 Å². The van der Waals surface area contributed by atoms with E-state index >= 15 is 0 Å². The lowest BCUT2D eigenvalue weighted by Crippen LogP contribution is -2.33. The molecule has 0 saturated carbocycles. The predicted molar refractivity (Wildman–Crippen MR) is 94.7 cm³/mol. The first-order valence-corrected chi connectivity index (χ1v) is 8.85. The lowest BCUT2D eigenvalue weighted by Gasteiger charge is -2.27. The summed E-state index contributed by atoms with van der Waals surface area (Å²) >= 11 is 1.96. The zero-order valence-electron chi connectivity index (χ0n) is 12.9. The Balaban J connectivity index is 1.55. The van der Waals surface area contributed by atoms with E-state index in [9.17, 15) is 4.79 Å². The molecule has 1 N–H and O–H groups in total. The van der Waals surface area contributed by atoms with Crippen LogP contribution in [0.2, 0.25) is 0 Å². The average Bonchev–Trinajstić information content (AvgIpc) is 3.04. The van der Waals surface area contributed by atoms with Crippen molar-refractivity contribution in [3.05, 3.63) is 48.4 Å². The van der Waals surface area contributed by atoms with Crippen molar-refractivity contribution in [3.63, 3.8) is 0 Å². The van der Waals surface area contributed by atoms with Crippen molar-refractivity contribution in [2.45, 2.75) is 0 Å². The number of amides is 1. The molecule has 4 rings (SSSR count). The monoisotopic (exact) mass is 340 g/mol. The molecular weight excluding hydrogens is 324 g/mol. The fourth-order valence-electron chi connectivity index (χ4n) is 2.58. The molecule has 0 aliphatic carbocycles. The van der Waals surface area contributed by atoms with Crippen LogP contribution in [-0.4, -0.2) is 50.1 Å². The van der Waals surface area contributed by atoms with Crippen LogP contribution in [0.5, 0.6) is 0 Å². The first-order chi connectivity index (χ1) is 11.8. The van der Waals surface area contributed by atoms with E-state index in [0.717, 1.165) is 30.4 Å². The Kier molecular flexibility index (Phi) is 4.04. The standard InChI is InChI=1S/C16H16N6OS/c23-16(12-2-1-5-17-10-12)19-13-11-22-14(18-13)3-4-15(20-22)21-6-8-24-9-7-21/h1-5,10-11H,6-9H2,(H,19,23). The number of rotatable bonds is 3. The molecule has 0 spiro atoms. The maximum atomic E-state index is 12.2.